The van der Waals surface area contributed by atoms with E-state index in [1.54, 1.807) is 42.4 Å². The smallest absolute Gasteiger partial charge is 0.463 e. The van der Waals surface area contributed by atoms with Crippen molar-refractivity contribution in [1.82, 2.24) is 35.5 Å². The first kappa shape index (κ1) is 101. The number of piperazine rings is 3. The number of nitrogens with zero attached hydrogens (tertiary/aromatic N) is 12. The van der Waals surface area contributed by atoms with Gasteiger partial charge in [-0.15, -0.1) is 24.8 Å². The van der Waals surface area contributed by atoms with Gasteiger partial charge in [0, 0.05) is 105 Å². The molecule has 0 spiro atoms. The summed E-state index contributed by atoms with van der Waals surface area (Å²) >= 11 is 31.1. The Hall–Kier alpha value is -3.76. The Labute approximate surface area is 806 Å². The Kier molecular flexibility index (Phi) is 49.6. The Morgan fingerprint density at radius 3 is 1.50 bits per heavy atom. The van der Waals surface area contributed by atoms with E-state index in [-0.39, 0.29) is 201 Å². The summed E-state index contributed by atoms with van der Waals surface area (Å²) in [5.74, 6) is 3.35. The van der Waals surface area contributed by atoms with Crippen LogP contribution in [0.1, 0.15) is 110 Å². The predicted octanol–water partition coefficient (Wildman–Crippen LogP) is 14.2. The minimum atomic E-state index is -0.492. The minimum Gasteiger partial charge on any atom is -0.463 e. The molecule has 6 aliphatic rings. The van der Waals surface area contributed by atoms with Crippen molar-refractivity contribution in [1.29, 1.82) is 6.69 Å². The van der Waals surface area contributed by atoms with Crippen molar-refractivity contribution in [2.45, 2.75) is 98.0 Å². The molecule has 2 saturated carbocycles. The zero-order valence-corrected chi connectivity index (χ0v) is 80.2. The molecule has 0 unspecified atom stereocenters. The molecule has 8 aromatic rings. The number of hydrogen-bond donors (Lipinski definition) is 4. The molecule has 0 radical (unpaired) electrons. The third kappa shape index (κ3) is 33.5. The molecule has 14 rings (SSSR count). The number of anilines is 4. The fraction of sp³-hybridized carbons (Fsp3) is 0.382. The SMILES string of the molecule is C.C.C1CCNCC1.Cl.Cl.N#Cc1ccc(N2CCN(c3nc(C4CC4)nc4ccc(Br)cc34)CC2)c(Cl)c1.O=c1[nH]c(C2CC2)nc2ccc(Br)cc12.[2H]OOC=O.[C-]#[N+]c1ccc(F)c(Cl)c1.[C-]#[N+]c1ccc(N2CCN(C(=O)OC(C)(C)C)CC2)c(Cl)c1.[C-]#[N+]c1ccc(N2CCNCC2)c(Cl)c1.[CH2-]F.[Cs+].[Cs+]. The molecule has 574 valence electrons. The van der Waals surface area contributed by atoms with Crippen LogP contribution in [0.4, 0.5) is 53.5 Å². The molecule has 0 atom stereocenters. The van der Waals surface area contributed by atoms with Crippen LogP contribution in [0.2, 0.25) is 20.1 Å². The molecule has 21 nitrogen and oxygen atoms in total. The Balaban J connectivity index is 0.000000672. The van der Waals surface area contributed by atoms with E-state index in [1.165, 1.54) is 63.4 Å². The Bertz CT molecular complexity index is 4440. The van der Waals surface area contributed by atoms with Gasteiger partial charge in [0.1, 0.15) is 28.9 Å². The number of aromatic nitrogens is 4. The van der Waals surface area contributed by atoms with E-state index < -0.39 is 11.4 Å². The maximum absolute atomic E-state index is 12.4. The Morgan fingerprint density at radius 1 is 0.633 bits per heavy atom. The standard InChI is InChI=1S/C22H19BrClN5.C16H20ClN3O2.C11H9BrN2O.C11H12ClN3.C7H3ClFN.C5H11N.CH2F.CH2O3.2CH4.2ClH.2Cs/c23-16-4-5-19-17(12-16)22(27-21(26-19)15-2-3-15)29-9-7-28(8-10-29)20-6-1-14(13-25)11-18(20)24;1-16(2,3)22-15(21)20-9-7-19(8-10-20)14-6-5-12(18-4)11-13(14)17;12-7-3-4-9-8(5-7)11(15)14-10(13-9)6-1-2-6;1-13-9-2-3-11(10(12)8-9)15-6-4-14-5-7-15;1-10-5-2-3-7(9)6(8)4-5;1-2-4-6-5-3-1;1-2;2-1-4-3;;;;;;/h1,4-6,11-12,15H,2-3,7-10H2;5-6,11H,7-10H2,1-3H3;3-6H,1-2H2,(H,13,14,15);2-3,8,14H,4-7H2;2-4H;6H,1-5H2;1H2;1,3H;2*1H4;2*1H;;/q;;;;;;-1;;;;;;2*+1/i/hD. The van der Waals surface area contributed by atoms with Gasteiger partial charge in [0.25, 0.3) is 6.99 Å². The monoisotopic (exact) mass is 1980 g/mol. The second kappa shape index (κ2) is 53.4. The summed E-state index contributed by atoms with van der Waals surface area (Å²) in [6, 6.07) is 34.1. The number of H-pyrrole nitrogens is 1. The van der Waals surface area contributed by atoms with Crippen molar-refractivity contribution in [3.63, 3.8) is 0 Å². The first-order valence-corrected chi connectivity index (χ1v) is 36.1. The fourth-order valence-electron chi connectivity index (χ4n) is 10.9. The van der Waals surface area contributed by atoms with Gasteiger partial charge in [0.05, 0.1) is 84.9 Å². The Morgan fingerprint density at radius 2 is 1.08 bits per heavy atom. The van der Waals surface area contributed by atoms with Crippen LogP contribution in [0.25, 0.3) is 37.8 Å². The second-order valence-electron chi connectivity index (χ2n) is 24.9. The molecule has 4 saturated heterocycles. The van der Waals surface area contributed by atoms with E-state index in [4.69, 9.17) is 92.3 Å². The molecule has 4 aliphatic heterocycles. The van der Waals surface area contributed by atoms with Gasteiger partial charge in [-0.2, -0.15) is 12.4 Å². The molecule has 33 heteroatoms. The molecular weight excluding hydrogens is 1900 g/mol. The summed E-state index contributed by atoms with van der Waals surface area (Å²) < 4.78 is 34.6. The van der Waals surface area contributed by atoms with Crippen LogP contribution >= 0.6 is 103 Å². The van der Waals surface area contributed by atoms with Crippen molar-refractivity contribution < 1.29 is 171 Å². The summed E-state index contributed by atoms with van der Waals surface area (Å²) in [4.78, 5) is 73.7. The van der Waals surface area contributed by atoms with Crippen LogP contribution in [0.5, 0.6) is 0 Å². The van der Waals surface area contributed by atoms with Crippen molar-refractivity contribution in [2.75, 3.05) is 111 Å². The average Bonchev–Trinajstić information content (AvgIpc) is 1.38. The van der Waals surface area contributed by atoms with Gasteiger partial charge in [-0.3, -0.25) is 9.59 Å². The average molecular weight is 1980 g/mol. The maximum Gasteiger partial charge on any atom is 1.00 e. The number of carbonyl (C=O) groups is 2. The van der Waals surface area contributed by atoms with E-state index in [2.05, 4.69) is 115 Å². The number of rotatable bonds is 8. The van der Waals surface area contributed by atoms with E-state index in [0.717, 1.165) is 125 Å². The molecule has 2 aromatic heterocycles. The van der Waals surface area contributed by atoms with Gasteiger partial charge in [-0.05, 0) is 163 Å². The summed E-state index contributed by atoms with van der Waals surface area (Å²) in [5.41, 5.74) is 6.26. The van der Waals surface area contributed by atoms with E-state index in [9.17, 15) is 18.4 Å². The summed E-state index contributed by atoms with van der Waals surface area (Å²) in [6.45, 7) is 38.5. The quantitative estimate of drug-likeness (QED) is 0.0481. The van der Waals surface area contributed by atoms with Crippen LogP contribution in [0, 0.1) is 44.0 Å². The zero-order valence-electron chi connectivity index (χ0n) is 60.8. The van der Waals surface area contributed by atoms with Crippen molar-refractivity contribution >= 4 is 177 Å². The topological polar surface area (TPSA) is 221 Å². The first-order valence-electron chi connectivity index (χ1n) is 33.4. The second-order valence-corrected chi connectivity index (χ2v) is 28.3. The van der Waals surface area contributed by atoms with Crippen molar-refractivity contribution in [2.24, 2.45) is 0 Å². The molecule has 2 aliphatic carbocycles. The van der Waals surface area contributed by atoms with Crippen LogP contribution in [0.3, 0.4) is 0 Å². The molecule has 6 heterocycles. The number of halogens is 10. The van der Waals surface area contributed by atoms with Crippen molar-refractivity contribution in [3.05, 3.63) is 213 Å². The van der Waals surface area contributed by atoms with E-state index in [0.29, 0.717) is 81.1 Å². The largest absolute Gasteiger partial charge is 1.00 e. The van der Waals surface area contributed by atoms with Gasteiger partial charge >= 0.3 is 150 Å². The van der Waals surface area contributed by atoms with Crippen LogP contribution in [-0.4, -0.2) is 140 Å². The maximum atomic E-state index is 12.4. The molecule has 109 heavy (non-hydrogen) atoms. The number of ether oxygens (including phenoxy) is 1. The van der Waals surface area contributed by atoms with Crippen molar-refractivity contribution in [3.8, 4) is 6.07 Å². The van der Waals surface area contributed by atoms with Gasteiger partial charge < -0.3 is 54.1 Å². The normalized spacial score (nSPS) is 14.5. The minimum absolute atomic E-state index is 0. The first-order chi connectivity index (χ1) is 50.1. The number of nitriles is 1. The number of fused-ring (bicyclic) bond motifs is 2. The number of carbonyl (C=O) groups excluding carboxylic acids is 2. The summed E-state index contributed by atoms with van der Waals surface area (Å²) in [5, 5.41) is 22.3. The third-order valence-corrected chi connectivity index (χ3v) is 18.6. The molecule has 4 N–H and O–H groups in total. The summed E-state index contributed by atoms with van der Waals surface area (Å²) in [7, 11) is 1.75. The summed E-state index contributed by atoms with van der Waals surface area (Å²) in [6.07, 6.45) is 8.60. The van der Waals surface area contributed by atoms with Gasteiger partial charge in [0.15, 0.2) is 17.1 Å². The molecule has 1 amide bonds. The third-order valence-electron chi connectivity index (χ3n) is 16.4. The number of benzene rings is 6. The molecule has 6 fully saturated rings. The molecule has 0 bridgehead atoms. The number of aromatic amines is 1. The predicted molar refractivity (Wildman–Crippen MR) is 441 cm³/mol. The van der Waals surface area contributed by atoms with E-state index >= 15 is 0 Å². The zero-order chi connectivity index (χ0) is 75.3. The number of piperidine rings is 1. The fourth-order valence-corrected chi connectivity index (χ4v) is 12.7. The van der Waals surface area contributed by atoms with Gasteiger partial charge in [-0.1, -0.05) is 118 Å². The van der Waals surface area contributed by atoms with Gasteiger partial charge in [0.2, 0.25) is 0 Å². The van der Waals surface area contributed by atoms with E-state index in [1.807, 2.05) is 69.3 Å². The number of amides is 1. The molecule has 6 aromatic carbocycles. The molecular formula is C76H88Br2Cl6Cs2F2N15O6+. The number of nitrogens with one attached hydrogen (secondary N) is 3. The van der Waals surface area contributed by atoms with Gasteiger partial charge in [-0.25, -0.2) is 43.9 Å². The van der Waals surface area contributed by atoms with Crippen LogP contribution in [0.15, 0.2) is 123 Å². The van der Waals surface area contributed by atoms with Crippen LogP contribution in [-0.2, 0) is 14.4 Å². The number of hydrogen-bond acceptors (Lipinski definition) is 16. The van der Waals surface area contributed by atoms with Crippen LogP contribution < -0.4 is 174 Å².